The van der Waals surface area contributed by atoms with Gasteiger partial charge in [0.05, 0.1) is 0 Å². The van der Waals surface area contributed by atoms with Crippen molar-refractivity contribution in [2.45, 2.75) is 6.04 Å². The van der Waals surface area contributed by atoms with E-state index < -0.39 is 17.9 Å². The summed E-state index contributed by atoms with van der Waals surface area (Å²) in [6.07, 6.45) is 5.83. The van der Waals surface area contributed by atoms with Gasteiger partial charge >= 0.3 is 0 Å². The summed E-state index contributed by atoms with van der Waals surface area (Å²) in [7, 11) is 0. The summed E-state index contributed by atoms with van der Waals surface area (Å²) in [5.41, 5.74) is 1.52. The topological polar surface area (TPSA) is 71.1 Å². The Balaban J connectivity index is 1.77. The Morgan fingerprint density at radius 3 is 2.37 bits per heavy atom. The van der Waals surface area contributed by atoms with Crippen molar-refractivity contribution in [3.8, 4) is 0 Å². The largest absolute Gasteiger partial charge is 0.337 e. The van der Waals surface area contributed by atoms with Crippen LogP contribution in [-0.2, 0) is 9.59 Å². The van der Waals surface area contributed by atoms with E-state index in [9.17, 15) is 14.0 Å². The van der Waals surface area contributed by atoms with Crippen LogP contribution < -0.4 is 10.6 Å². The van der Waals surface area contributed by atoms with E-state index >= 15 is 0 Å². The first-order valence-electron chi connectivity index (χ1n) is 8.82. The first-order chi connectivity index (χ1) is 14.4. The van der Waals surface area contributed by atoms with Crippen molar-refractivity contribution in [3.63, 3.8) is 0 Å². The van der Waals surface area contributed by atoms with E-state index in [0.29, 0.717) is 26.9 Å². The molecule has 0 spiro atoms. The molecule has 0 fully saturated rings. The van der Waals surface area contributed by atoms with Gasteiger partial charge in [0.15, 0.2) is 0 Å². The van der Waals surface area contributed by atoms with Crippen molar-refractivity contribution in [1.82, 2.24) is 10.3 Å². The molecule has 1 aromatic heterocycles. The van der Waals surface area contributed by atoms with E-state index in [1.54, 1.807) is 36.5 Å². The number of hydrogen-bond donors (Lipinski definition) is 2. The zero-order chi connectivity index (χ0) is 21.5. The van der Waals surface area contributed by atoms with Crippen LogP contribution in [0.1, 0.15) is 17.2 Å². The van der Waals surface area contributed by atoms with Gasteiger partial charge < -0.3 is 10.6 Å². The molecule has 2 N–H and O–H groups in total. The molecule has 2 amide bonds. The molecule has 5 nitrogen and oxygen atoms in total. The molecule has 1 atom stereocenters. The van der Waals surface area contributed by atoms with Crippen molar-refractivity contribution in [2.24, 2.45) is 0 Å². The molecule has 8 heteroatoms. The molecular weight excluding hydrogens is 428 g/mol. The fraction of sp³-hybridized carbons (Fsp3) is 0.0455. The third-order valence-electron chi connectivity index (χ3n) is 3.99. The number of benzene rings is 2. The predicted octanol–water partition coefficient (Wildman–Crippen LogP) is 5.04. The van der Waals surface area contributed by atoms with E-state index in [1.165, 1.54) is 42.6 Å². The van der Waals surface area contributed by atoms with Gasteiger partial charge in [0.1, 0.15) is 11.9 Å². The van der Waals surface area contributed by atoms with E-state index in [1.807, 2.05) is 0 Å². The number of nitrogens with one attached hydrogen (secondary N) is 2. The lowest BCUT2D eigenvalue weighted by Gasteiger charge is -2.18. The van der Waals surface area contributed by atoms with E-state index in [0.717, 1.165) is 0 Å². The molecule has 0 saturated carbocycles. The van der Waals surface area contributed by atoms with Crippen LogP contribution in [0.3, 0.4) is 0 Å². The number of anilines is 1. The highest BCUT2D eigenvalue weighted by Gasteiger charge is 2.22. The fourth-order valence-corrected chi connectivity index (χ4v) is 3.15. The van der Waals surface area contributed by atoms with Crippen LogP contribution in [0.15, 0.2) is 73.1 Å². The molecule has 1 unspecified atom stereocenters. The molecule has 30 heavy (non-hydrogen) atoms. The summed E-state index contributed by atoms with van der Waals surface area (Å²) in [6.45, 7) is 0. The van der Waals surface area contributed by atoms with Gasteiger partial charge in [-0.3, -0.25) is 14.6 Å². The monoisotopic (exact) mass is 443 g/mol. The summed E-state index contributed by atoms with van der Waals surface area (Å²) in [4.78, 5) is 29.3. The molecule has 0 aliphatic rings. The van der Waals surface area contributed by atoms with Gasteiger partial charge in [0.25, 0.3) is 5.91 Å². The number of pyridine rings is 1. The van der Waals surface area contributed by atoms with Crippen LogP contribution in [0.2, 0.25) is 10.0 Å². The van der Waals surface area contributed by atoms with Gasteiger partial charge in [-0.2, -0.15) is 0 Å². The second-order valence-corrected chi connectivity index (χ2v) is 7.13. The average molecular weight is 444 g/mol. The first-order valence-corrected chi connectivity index (χ1v) is 9.57. The second-order valence-electron chi connectivity index (χ2n) is 6.26. The van der Waals surface area contributed by atoms with Gasteiger partial charge in [0, 0.05) is 39.8 Å². The predicted molar refractivity (Wildman–Crippen MR) is 116 cm³/mol. The Kier molecular flexibility index (Phi) is 7.17. The molecule has 0 bridgehead atoms. The minimum Gasteiger partial charge on any atom is -0.337 e. The van der Waals surface area contributed by atoms with Gasteiger partial charge in [0.2, 0.25) is 5.91 Å². The molecule has 2 aromatic carbocycles. The normalized spacial score (nSPS) is 11.8. The van der Waals surface area contributed by atoms with Crippen LogP contribution >= 0.6 is 23.2 Å². The number of amides is 2. The SMILES string of the molecule is O=C(/C=C/c1ccc(F)cc1)NC(C(=O)Nc1cc(Cl)cc(Cl)c1)c1cccnc1. The molecule has 0 saturated heterocycles. The molecule has 0 radical (unpaired) electrons. The lowest BCUT2D eigenvalue weighted by Crippen LogP contribution is -2.36. The first kappa shape index (κ1) is 21.5. The molecule has 152 valence electrons. The molecule has 3 aromatic rings. The van der Waals surface area contributed by atoms with Crippen LogP contribution in [0, 0.1) is 5.82 Å². The number of aromatic nitrogens is 1. The summed E-state index contributed by atoms with van der Waals surface area (Å²) in [6, 6.07) is 12.6. The van der Waals surface area contributed by atoms with Crippen molar-refractivity contribution >= 4 is 46.8 Å². The van der Waals surface area contributed by atoms with Crippen LogP contribution in [0.5, 0.6) is 0 Å². The molecular formula is C22H16Cl2FN3O2. The maximum absolute atomic E-state index is 13.0. The third kappa shape index (κ3) is 6.14. The summed E-state index contributed by atoms with van der Waals surface area (Å²) < 4.78 is 13.0. The molecule has 0 aliphatic carbocycles. The maximum Gasteiger partial charge on any atom is 0.251 e. The van der Waals surface area contributed by atoms with E-state index in [2.05, 4.69) is 15.6 Å². The van der Waals surface area contributed by atoms with Crippen LogP contribution in [0.25, 0.3) is 6.08 Å². The second kappa shape index (κ2) is 10.0. The van der Waals surface area contributed by atoms with Crippen LogP contribution in [0.4, 0.5) is 10.1 Å². The Morgan fingerprint density at radius 1 is 1.03 bits per heavy atom. The zero-order valence-electron chi connectivity index (χ0n) is 15.5. The van der Waals surface area contributed by atoms with Crippen molar-refractivity contribution < 1.29 is 14.0 Å². The summed E-state index contributed by atoms with van der Waals surface area (Å²) in [5.74, 6) is -1.37. The third-order valence-corrected chi connectivity index (χ3v) is 4.43. The van der Waals surface area contributed by atoms with Crippen molar-refractivity contribution in [2.75, 3.05) is 5.32 Å². The number of nitrogens with zero attached hydrogens (tertiary/aromatic N) is 1. The van der Waals surface area contributed by atoms with Crippen molar-refractivity contribution in [1.29, 1.82) is 0 Å². The van der Waals surface area contributed by atoms with Gasteiger partial charge in [-0.15, -0.1) is 0 Å². The van der Waals surface area contributed by atoms with Crippen molar-refractivity contribution in [3.05, 3.63) is 100 Å². The van der Waals surface area contributed by atoms with Crippen LogP contribution in [-0.4, -0.2) is 16.8 Å². The van der Waals surface area contributed by atoms with E-state index in [4.69, 9.17) is 23.2 Å². The number of halogens is 3. The highest BCUT2D eigenvalue weighted by atomic mass is 35.5. The van der Waals surface area contributed by atoms with Gasteiger partial charge in [-0.25, -0.2) is 4.39 Å². The average Bonchev–Trinajstić information content (AvgIpc) is 2.71. The Bertz CT molecular complexity index is 1050. The smallest absolute Gasteiger partial charge is 0.251 e. The quantitative estimate of drug-likeness (QED) is 0.524. The molecule has 0 aliphatic heterocycles. The Hall–Kier alpha value is -3.22. The van der Waals surface area contributed by atoms with Gasteiger partial charge in [-0.05, 0) is 48.0 Å². The highest BCUT2D eigenvalue weighted by Crippen LogP contribution is 2.24. The minimum absolute atomic E-state index is 0.363. The standard InChI is InChI=1S/C22H16Cl2FN3O2/c23-16-10-17(24)12-19(11-16)27-22(30)21(15-2-1-9-26-13-15)28-20(29)8-5-14-3-6-18(25)7-4-14/h1-13,21H,(H,27,30)(H,28,29)/b8-5+. The lowest BCUT2D eigenvalue weighted by atomic mass is 10.1. The Morgan fingerprint density at radius 2 is 1.73 bits per heavy atom. The fourth-order valence-electron chi connectivity index (χ4n) is 2.62. The zero-order valence-corrected chi connectivity index (χ0v) is 17.0. The lowest BCUT2D eigenvalue weighted by molar-refractivity contribution is -0.124. The van der Waals surface area contributed by atoms with E-state index in [-0.39, 0.29) is 5.82 Å². The number of rotatable bonds is 6. The molecule has 1 heterocycles. The maximum atomic E-state index is 13.0. The Labute approximate surface area is 182 Å². The highest BCUT2D eigenvalue weighted by molar-refractivity contribution is 6.35. The number of hydrogen-bond acceptors (Lipinski definition) is 3. The minimum atomic E-state index is -1.01. The molecule has 3 rings (SSSR count). The van der Waals surface area contributed by atoms with Gasteiger partial charge in [-0.1, -0.05) is 41.4 Å². The number of carbonyl (C=O) groups excluding carboxylic acids is 2. The summed E-state index contributed by atoms with van der Waals surface area (Å²) in [5, 5.41) is 6.06. The number of carbonyl (C=O) groups is 2. The summed E-state index contributed by atoms with van der Waals surface area (Å²) >= 11 is 12.0.